The van der Waals surface area contributed by atoms with Gasteiger partial charge in [-0.15, -0.1) is 0 Å². The van der Waals surface area contributed by atoms with Crippen molar-refractivity contribution in [3.05, 3.63) is 47.7 Å². The van der Waals surface area contributed by atoms with Gasteiger partial charge in [0.2, 0.25) is 0 Å². The van der Waals surface area contributed by atoms with Crippen molar-refractivity contribution in [2.75, 3.05) is 7.11 Å². The molecule has 0 aliphatic carbocycles. The lowest BCUT2D eigenvalue weighted by atomic mass is 10.1. The van der Waals surface area contributed by atoms with E-state index in [4.69, 9.17) is 4.74 Å². The number of allylic oxidation sites excluding steroid dienone is 3. The first-order valence-electron chi connectivity index (χ1n) is 5.82. The van der Waals surface area contributed by atoms with Crippen LogP contribution in [0.3, 0.4) is 0 Å². The van der Waals surface area contributed by atoms with Gasteiger partial charge in [0.1, 0.15) is 5.75 Å². The normalized spacial score (nSPS) is 14.9. The Labute approximate surface area is 107 Å². The summed E-state index contributed by atoms with van der Waals surface area (Å²) in [6.45, 7) is 0. The van der Waals surface area contributed by atoms with Crippen molar-refractivity contribution < 1.29 is 4.74 Å². The van der Waals surface area contributed by atoms with Crippen LogP contribution < -0.4 is 4.74 Å². The number of rotatable bonds is 3. The zero-order valence-corrected chi connectivity index (χ0v) is 10.3. The van der Waals surface area contributed by atoms with E-state index in [1.165, 1.54) is 0 Å². The summed E-state index contributed by atoms with van der Waals surface area (Å²) >= 11 is 0. The van der Waals surface area contributed by atoms with Crippen LogP contribution in [0.15, 0.2) is 47.1 Å². The summed E-state index contributed by atoms with van der Waals surface area (Å²) in [4.78, 5) is 4.26. The van der Waals surface area contributed by atoms with Gasteiger partial charge < -0.3 is 4.74 Å². The SMILES string of the molecule is COc1ccc(/C(C#N)=C/C2=CCCC=N2)cc1. The van der Waals surface area contributed by atoms with Crippen LogP contribution in [0.5, 0.6) is 5.75 Å². The number of hydrogen-bond acceptors (Lipinski definition) is 3. The summed E-state index contributed by atoms with van der Waals surface area (Å²) in [5.41, 5.74) is 2.34. The zero-order chi connectivity index (χ0) is 12.8. The quantitative estimate of drug-likeness (QED) is 0.758. The van der Waals surface area contributed by atoms with E-state index in [0.717, 1.165) is 29.9 Å². The lowest BCUT2D eigenvalue weighted by Gasteiger charge is -2.04. The van der Waals surface area contributed by atoms with Gasteiger partial charge in [-0.1, -0.05) is 6.08 Å². The third-order valence-electron chi connectivity index (χ3n) is 2.70. The highest BCUT2D eigenvalue weighted by atomic mass is 16.5. The molecular weight excluding hydrogens is 224 g/mol. The Morgan fingerprint density at radius 1 is 1.33 bits per heavy atom. The molecule has 0 bridgehead atoms. The average molecular weight is 238 g/mol. The van der Waals surface area contributed by atoms with E-state index in [-0.39, 0.29) is 0 Å². The van der Waals surface area contributed by atoms with Gasteiger partial charge >= 0.3 is 0 Å². The molecule has 0 spiro atoms. The van der Waals surface area contributed by atoms with Crippen molar-refractivity contribution >= 4 is 11.8 Å². The molecule has 0 amide bonds. The molecule has 1 heterocycles. The molecule has 1 aromatic rings. The van der Waals surface area contributed by atoms with Crippen molar-refractivity contribution in [2.24, 2.45) is 4.99 Å². The Bertz CT molecular complexity index is 545. The van der Waals surface area contributed by atoms with Gasteiger partial charge in [-0.2, -0.15) is 5.26 Å². The predicted molar refractivity (Wildman–Crippen MR) is 72.4 cm³/mol. The molecule has 1 aliphatic heterocycles. The average Bonchev–Trinajstić information content (AvgIpc) is 2.46. The van der Waals surface area contributed by atoms with Crippen molar-refractivity contribution in [1.29, 1.82) is 5.26 Å². The molecular formula is C15H14N2O. The fourth-order valence-corrected chi connectivity index (χ4v) is 1.72. The maximum atomic E-state index is 9.21. The topological polar surface area (TPSA) is 45.4 Å². The highest BCUT2D eigenvalue weighted by molar-refractivity contribution is 5.79. The summed E-state index contributed by atoms with van der Waals surface area (Å²) in [7, 11) is 1.62. The summed E-state index contributed by atoms with van der Waals surface area (Å²) in [6.07, 6.45) is 7.70. The monoisotopic (exact) mass is 238 g/mol. The Hall–Kier alpha value is -2.34. The van der Waals surface area contributed by atoms with Crippen molar-refractivity contribution in [3.8, 4) is 11.8 Å². The van der Waals surface area contributed by atoms with Crippen LogP contribution in [-0.4, -0.2) is 13.3 Å². The minimum Gasteiger partial charge on any atom is -0.497 e. The fraction of sp³-hybridized carbons (Fsp3) is 0.200. The van der Waals surface area contributed by atoms with Gasteiger partial charge in [0.15, 0.2) is 0 Å². The molecule has 2 rings (SSSR count). The lowest BCUT2D eigenvalue weighted by Crippen LogP contribution is -1.89. The second kappa shape index (κ2) is 5.83. The molecule has 0 saturated carbocycles. The van der Waals surface area contributed by atoms with Gasteiger partial charge in [-0.3, -0.25) is 4.99 Å². The molecule has 0 unspecified atom stereocenters. The largest absolute Gasteiger partial charge is 0.497 e. The second-order valence-corrected chi connectivity index (χ2v) is 3.92. The Morgan fingerprint density at radius 2 is 2.11 bits per heavy atom. The van der Waals surface area contributed by atoms with Crippen LogP contribution in [-0.2, 0) is 0 Å². The number of nitrogens with zero attached hydrogens (tertiary/aromatic N) is 2. The number of benzene rings is 1. The molecule has 0 atom stereocenters. The van der Waals surface area contributed by atoms with E-state index in [0.29, 0.717) is 5.57 Å². The van der Waals surface area contributed by atoms with E-state index in [9.17, 15) is 5.26 Å². The van der Waals surface area contributed by atoms with Gasteiger partial charge in [-0.25, -0.2) is 0 Å². The summed E-state index contributed by atoms with van der Waals surface area (Å²) in [5.74, 6) is 0.783. The molecule has 0 radical (unpaired) electrons. The third kappa shape index (κ3) is 2.86. The first-order valence-corrected chi connectivity index (χ1v) is 5.82. The van der Waals surface area contributed by atoms with Crippen LogP contribution in [0.4, 0.5) is 0 Å². The molecule has 1 aromatic carbocycles. The number of methoxy groups -OCH3 is 1. The summed E-state index contributed by atoms with van der Waals surface area (Å²) in [5, 5.41) is 9.21. The van der Waals surface area contributed by atoms with E-state index < -0.39 is 0 Å². The standard InChI is InChI=1S/C15H14N2O/c1-18-15-7-5-12(6-8-15)13(11-16)10-14-4-2-3-9-17-14/h4-10H,2-3H2,1H3/b13-10+. The van der Waals surface area contributed by atoms with E-state index >= 15 is 0 Å². The number of nitriles is 1. The van der Waals surface area contributed by atoms with Gasteiger partial charge in [0.05, 0.1) is 24.4 Å². The van der Waals surface area contributed by atoms with Gasteiger partial charge in [-0.05, 0) is 48.7 Å². The van der Waals surface area contributed by atoms with Crippen LogP contribution >= 0.6 is 0 Å². The molecule has 0 aromatic heterocycles. The van der Waals surface area contributed by atoms with Crippen molar-refractivity contribution in [1.82, 2.24) is 0 Å². The molecule has 90 valence electrons. The van der Waals surface area contributed by atoms with Crippen LogP contribution in [0.2, 0.25) is 0 Å². The van der Waals surface area contributed by atoms with E-state index in [1.54, 1.807) is 7.11 Å². The van der Waals surface area contributed by atoms with Crippen LogP contribution in [0.25, 0.3) is 5.57 Å². The summed E-state index contributed by atoms with van der Waals surface area (Å²) < 4.78 is 5.10. The minimum absolute atomic E-state index is 0.614. The fourth-order valence-electron chi connectivity index (χ4n) is 1.72. The third-order valence-corrected chi connectivity index (χ3v) is 2.70. The molecule has 3 nitrogen and oxygen atoms in total. The Kier molecular flexibility index (Phi) is 3.93. The van der Waals surface area contributed by atoms with Crippen molar-refractivity contribution in [3.63, 3.8) is 0 Å². The Balaban J connectivity index is 2.27. The second-order valence-electron chi connectivity index (χ2n) is 3.92. The summed E-state index contributed by atoms with van der Waals surface area (Å²) in [6, 6.07) is 9.65. The zero-order valence-electron chi connectivity index (χ0n) is 10.3. The number of ether oxygens (including phenoxy) is 1. The number of hydrogen-bond donors (Lipinski definition) is 0. The molecule has 0 N–H and O–H groups in total. The van der Waals surface area contributed by atoms with Crippen molar-refractivity contribution in [2.45, 2.75) is 12.8 Å². The van der Waals surface area contributed by atoms with E-state index in [1.807, 2.05) is 42.6 Å². The highest BCUT2D eigenvalue weighted by Gasteiger charge is 2.03. The smallest absolute Gasteiger partial charge is 0.118 e. The maximum absolute atomic E-state index is 9.21. The molecule has 1 aliphatic rings. The molecule has 0 saturated heterocycles. The highest BCUT2D eigenvalue weighted by Crippen LogP contribution is 2.20. The van der Waals surface area contributed by atoms with Crippen LogP contribution in [0.1, 0.15) is 18.4 Å². The first-order chi connectivity index (χ1) is 8.83. The first kappa shape index (κ1) is 12.1. The van der Waals surface area contributed by atoms with Crippen LogP contribution in [0, 0.1) is 11.3 Å². The lowest BCUT2D eigenvalue weighted by molar-refractivity contribution is 0.415. The predicted octanol–water partition coefficient (Wildman–Crippen LogP) is 3.35. The van der Waals surface area contributed by atoms with Gasteiger partial charge in [0.25, 0.3) is 0 Å². The van der Waals surface area contributed by atoms with Gasteiger partial charge in [0, 0.05) is 6.21 Å². The minimum atomic E-state index is 0.614. The molecule has 0 fully saturated rings. The number of aliphatic imine (C=N–C) groups is 1. The maximum Gasteiger partial charge on any atom is 0.118 e. The Morgan fingerprint density at radius 3 is 2.67 bits per heavy atom. The van der Waals surface area contributed by atoms with E-state index in [2.05, 4.69) is 11.1 Å². The molecule has 18 heavy (non-hydrogen) atoms. The molecule has 3 heteroatoms.